The zero-order valence-corrected chi connectivity index (χ0v) is 15.3. The van der Waals surface area contributed by atoms with Crippen molar-refractivity contribution in [3.8, 4) is 0 Å². The summed E-state index contributed by atoms with van der Waals surface area (Å²) >= 11 is 0. The number of hydrogen-bond acceptors (Lipinski definition) is 2. The Hall–Kier alpha value is -2.55. The Kier molecular flexibility index (Phi) is 4.79. The minimum absolute atomic E-state index is 0.0868. The van der Waals surface area contributed by atoms with Gasteiger partial charge >= 0.3 is 0 Å². The van der Waals surface area contributed by atoms with Crippen LogP contribution >= 0.6 is 0 Å². The van der Waals surface area contributed by atoms with Gasteiger partial charge in [-0.25, -0.2) is 0 Å². The van der Waals surface area contributed by atoms with Crippen molar-refractivity contribution in [3.05, 3.63) is 71.8 Å². The Bertz CT molecular complexity index is 787. The Labute approximate surface area is 155 Å². The van der Waals surface area contributed by atoms with E-state index < -0.39 is 0 Å². The summed E-state index contributed by atoms with van der Waals surface area (Å²) in [4.78, 5) is 14.0. The fourth-order valence-electron chi connectivity index (χ4n) is 4.19. The van der Waals surface area contributed by atoms with Gasteiger partial charge in [0.2, 0.25) is 5.91 Å². The molecule has 134 valence electrons. The van der Waals surface area contributed by atoms with Gasteiger partial charge in [0, 0.05) is 25.2 Å². The molecule has 2 aromatic carbocycles. The highest BCUT2D eigenvalue weighted by molar-refractivity contribution is 5.87. The highest BCUT2D eigenvalue weighted by Crippen LogP contribution is 2.31. The molecule has 0 spiro atoms. The van der Waals surface area contributed by atoms with E-state index in [2.05, 4.69) is 70.9 Å². The number of carbonyl (C=O) groups is 1. The number of carbonyl (C=O) groups excluding carboxylic acids is 1. The van der Waals surface area contributed by atoms with Crippen LogP contribution in [-0.2, 0) is 4.79 Å². The summed E-state index contributed by atoms with van der Waals surface area (Å²) in [6, 6.07) is 19.8. The fourth-order valence-corrected chi connectivity index (χ4v) is 4.19. The van der Waals surface area contributed by atoms with Gasteiger partial charge in [0.15, 0.2) is 0 Å². The van der Waals surface area contributed by atoms with Crippen molar-refractivity contribution in [2.24, 2.45) is 0 Å². The number of rotatable bonds is 3. The van der Waals surface area contributed by atoms with Crippen LogP contribution in [0.3, 0.4) is 0 Å². The molecule has 2 aromatic rings. The average Bonchev–Trinajstić information content (AvgIpc) is 2.69. The predicted molar refractivity (Wildman–Crippen MR) is 107 cm³/mol. The predicted octanol–water partition coefficient (Wildman–Crippen LogP) is 4.36. The molecule has 0 aromatic heterocycles. The van der Waals surface area contributed by atoms with Gasteiger partial charge < -0.3 is 10.2 Å². The van der Waals surface area contributed by atoms with E-state index in [1.54, 1.807) is 0 Å². The maximum atomic E-state index is 11.5. The zero-order valence-electron chi connectivity index (χ0n) is 15.3. The van der Waals surface area contributed by atoms with Crippen LogP contribution in [0.1, 0.15) is 43.2 Å². The average molecular weight is 346 g/mol. The Morgan fingerprint density at radius 1 is 0.962 bits per heavy atom. The molecule has 4 rings (SSSR count). The lowest BCUT2D eigenvalue weighted by Gasteiger charge is -2.34. The third-order valence-electron chi connectivity index (χ3n) is 5.68. The van der Waals surface area contributed by atoms with Crippen molar-refractivity contribution in [2.75, 3.05) is 18.0 Å². The molecule has 1 N–H and O–H groups in total. The number of benzene rings is 2. The lowest BCUT2D eigenvalue weighted by Crippen LogP contribution is -2.36. The number of amides is 1. The van der Waals surface area contributed by atoms with E-state index in [9.17, 15) is 4.79 Å². The second kappa shape index (κ2) is 7.36. The molecule has 2 heterocycles. The summed E-state index contributed by atoms with van der Waals surface area (Å²) < 4.78 is 0. The molecule has 1 saturated heterocycles. The monoisotopic (exact) mass is 346 g/mol. The van der Waals surface area contributed by atoms with E-state index in [1.807, 2.05) is 6.92 Å². The summed E-state index contributed by atoms with van der Waals surface area (Å²) in [5.41, 5.74) is 5.20. The van der Waals surface area contributed by atoms with E-state index in [4.69, 9.17) is 0 Å². The lowest BCUT2D eigenvalue weighted by atomic mass is 9.89. The molecule has 2 aliphatic rings. The molecule has 0 radical (unpaired) electrons. The van der Waals surface area contributed by atoms with Crippen LogP contribution in [0.4, 0.5) is 5.69 Å². The smallest absolute Gasteiger partial charge is 0.224 e. The standard InChI is InChI=1S/C23H26N2O/c1-17-22(11-12-23(26)24-17)20-7-9-21(10-8-20)25-15-13-19(14-16-25)18-5-3-2-4-6-18/h2-11,17,19H,12-16H2,1H3,(H,24,26). The van der Waals surface area contributed by atoms with Gasteiger partial charge in [0.1, 0.15) is 0 Å². The normalized spacial score (nSPS) is 21.3. The lowest BCUT2D eigenvalue weighted by molar-refractivity contribution is -0.120. The number of hydrogen-bond donors (Lipinski definition) is 1. The molecule has 3 nitrogen and oxygen atoms in total. The van der Waals surface area contributed by atoms with Crippen LogP contribution in [0.5, 0.6) is 0 Å². The Morgan fingerprint density at radius 3 is 2.31 bits per heavy atom. The third-order valence-corrected chi connectivity index (χ3v) is 5.68. The zero-order chi connectivity index (χ0) is 17.9. The number of nitrogens with one attached hydrogen (secondary N) is 1. The minimum atomic E-state index is 0.0868. The topological polar surface area (TPSA) is 32.3 Å². The largest absolute Gasteiger partial charge is 0.371 e. The molecular formula is C23H26N2O. The fraction of sp³-hybridized carbons (Fsp3) is 0.348. The number of piperidine rings is 1. The first-order chi connectivity index (χ1) is 12.7. The first-order valence-corrected chi connectivity index (χ1v) is 9.60. The van der Waals surface area contributed by atoms with Crippen LogP contribution in [0, 0.1) is 0 Å². The molecule has 0 aliphatic carbocycles. The SMILES string of the molecule is CC1NC(=O)CC=C1c1ccc(N2CCC(c3ccccc3)CC2)cc1. The van der Waals surface area contributed by atoms with Crippen molar-refractivity contribution in [1.29, 1.82) is 0 Å². The molecule has 1 amide bonds. The van der Waals surface area contributed by atoms with E-state index in [-0.39, 0.29) is 11.9 Å². The van der Waals surface area contributed by atoms with Gasteiger partial charge in [-0.05, 0) is 54.5 Å². The van der Waals surface area contributed by atoms with E-state index in [0.717, 1.165) is 13.1 Å². The summed E-state index contributed by atoms with van der Waals surface area (Å²) in [6.07, 6.45) is 4.96. The quantitative estimate of drug-likeness (QED) is 0.895. The molecule has 3 heteroatoms. The molecular weight excluding hydrogens is 320 g/mol. The van der Waals surface area contributed by atoms with Crippen LogP contribution in [0.15, 0.2) is 60.7 Å². The summed E-state index contributed by atoms with van der Waals surface area (Å²) in [5, 5.41) is 3.01. The van der Waals surface area contributed by atoms with Gasteiger partial charge in [-0.1, -0.05) is 48.5 Å². The molecule has 0 saturated carbocycles. The first kappa shape index (κ1) is 16.9. The van der Waals surface area contributed by atoms with E-state index >= 15 is 0 Å². The van der Waals surface area contributed by atoms with Crippen molar-refractivity contribution in [3.63, 3.8) is 0 Å². The highest BCUT2D eigenvalue weighted by Gasteiger charge is 2.22. The molecule has 1 fully saturated rings. The van der Waals surface area contributed by atoms with E-state index in [0.29, 0.717) is 12.3 Å². The maximum absolute atomic E-state index is 11.5. The minimum Gasteiger partial charge on any atom is -0.371 e. The van der Waals surface area contributed by atoms with Gasteiger partial charge in [-0.2, -0.15) is 0 Å². The second-order valence-electron chi connectivity index (χ2n) is 7.37. The summed E-state index contributed by atoms with van der Waals surface area (Å²) in [6.45, 7) is 4.26. The molecule has 1 atom stereocenters. The number of anilines is 1. The van der Waals surface area contributed by atoms with Crippen molar-refractivity contribution in [1.82, 2.24) is 5.32 Å². The maximum Gasteiger partial charge on any atom is 0.224 e. The Balaban J connectivity index is 1.41. The van der Waals surface area contributed by atoms with Crippen LogP contribution in [-0.4, -0.2) is 25.0 Å². The van der Waals surface area contributed by atoms with E-state index in [1.165, 1.54) is 35.2 Å². The molecule has 0 bridgehead atoms. The Morgan fingerprint density at radius 2 is 1.65 bits per heavy atom. The molecule has 2 aliphatic heterocycles. The number of nitrogens with zero attached hydrogens (tertiary/aromatic N) is 1. The third kappa shape index (κ3) is 3.52. The van der Waals surface area contributed by atoms with Gasteiger partial charge in [-0.15, -0.1) is 0 Å². The second-order valence-corrected chi connectivity index (χ2v) is 7.37. The van der Waals surface area contributed by atoms with Crippen molar-refractivity contribution < 1.29 is 4.79 Å². The summed E-state index contributed by atoms with van der Waals surface area (Å²) in [7, 11) is 0. The van der Waals surface area contributed by atoms with Gasteiger partial charge in [0.05, 0.1) is 6.04 Å². The van der Waals surface area contributed by atoms with Crippen LogP contribution in [0.25, 0.3) is 5.57 Å². The first-order valence-electron chi connectivity index (χ1n) is 9.60. The molecule has 26 heavy (non-hydrogen) atoms. The van der Waals surface area contributed by atoms with Crippen LogP contribution in [0.2, 0.25) is 0 Å². The molecule has 1 unspecified atom stereocenters. The van der Waals surface area contributed by atoms with Crippen molar-refractivity contribution >= 4 is 17.2 Å². The van der Waals surface area contributed by atoms with Gasteiger partial charge in [0.25, 0.3) is 0 Å². The highest BCUT2D eigenvalue weighted by atomic mass is 16.1. The van der Waals surface area contributed by atoms with Crippen LogP contribution < -0.4 is 10.2 Å². The summed E-state index contributed by atoms with van der Waals surface area (Å²) in [5.74, 6) is 0.794. The van der Waals surface area contributed by atoms with Gasteiger partial charge in [-0.3, -0.25) is 4.79 Å². The van der Waals surface area contributed by atoms with Crippen molar-refractivity contribution in [2.45, 2.75) is 38.1 Å².